The summed E-state index contributed by atoms with van der Waals surface area (Å²) in [6.07, 6.45) is 9.74. The molecule has 0 radical (unpaired) electrons. The van der Waals surface area contributed by atoms with E-state index in [1.54, 1.807) is 7.05 Å². The molecule has 0 aromatic carbocycles. The number of carbonyl (C=O) groups excluding carboxylic acids is 1. The summed E-state index contributed by atoms with van der Waals surface area (Å²) in [6.45, 7) is 0. The maximum atomic E-state index is 12.5. The van der Waals surface area contributed by atoms with E-state index >= 15 is 0 Å². The predicted molar refractivity (Wildman–Crippen MR) is 70.3 cm³/mol. The Kier molecular flexibility index (Phi) is 2.83. The van der Waals surface area contributed by atoms with E-state index < -0.39 is 5.54 Å². The molecule has 1 heterocycles. The van der Waals surface area contributed by atoms with E-state index in [-0.39, 0.29) is 5.91 Å². The molecule has 100 valence electrons. The molecule has 2 aliphatic carbocycles. The van der Waals surface area contributed by atoms with Crippen LogP contribution in [0.15, 0.2) is 0 Å². The van der Waals surface area contributed by atoms with Crippen LogP contribution < -0.4 is 5.32 Å². The summed E-state index contributed by atoms with van der Waals surface area (Å²) in [7, 11) is 1.72. The zero-order valence-corrected chi connectivity index (χ0v) is 11.2. The van der Waals surface area contributed by atoms with Gasteiger partial charge in [-0.2, -0.15) is 0 Å². The minimum absolute atomic E-state index is 0.139. The Morgan fingerprint density at radius 3 is 2.44 bits per heavy atom. The molecule has 0 spiro atoms. The van der Waals surface area contributed by atoms with E-state index in [2.05, 4.69) is 5.32 Å². The molecule has 1 saturated heterocycles. The van der Waals surface area contributed by atoms with Gasteiger partial charge in [0.15, 0.2) is 5.96 Å². The fraction of sp³-hybridized carbons (Fsp3) is 0.857. The molecule has 3 aliphatic rings. The molecule has 3 fully saturated rings. The van der Waals surface area contributed by atoms with Crippen molar-refractivity contribution in [3.05, 3.63) is 0 Å². The lowest BCUT2D eigenvalue weighted by Gasteiger charge is -2.33. The van der Waals surface area contributed by atoms with Crippen LogP contribution in [0.25, 0.3) is 0 Å². The normalized spacial score (nSPS) is 33.9. The number of nitrogens with one attached hydrogen (secondary N) is 2. The van der Waals surface area contributed by atoms with Gasteiger partial charge in [0, 0.05) is 7.05 Å². The van der Waals surface area contributed by atoms with Gasteiger partial charge in [-0.3, -0.25) is 15.1 Å². The number of amides is 1. The SMILES string of the molecule is CN1C(=N)N[C@@](CC2CCCCC2)(C2CC2)C1=O. The number of hydrogen-bond donors (Lipinski definition) is 2. The highest BCUT2D eigenvalue weighted by molar-refractivity contribution is 6.08. The van der Waals surface area contributed by atoms with Gasteiger partial charge in [-0.15, -0.1) is 0 Å². The predicted octanol–water partition coefficient (Wildman–Crippen LogP) is 2.10. The van der Waals surface area contributed by atoms with Crippen molar-refractivity contribution in [1.29, 1.82) is 5.41 Å². The first kappa shape index (κ1) is 12.0. The van der Waals surface area contributed by atoms with Crippen LogP contribution in [-0.2, 0) is 4.79 Å². The summed E-state index contributed by atoms with van der Waals surface area (Å²) in [5.41, 5.74) is -0.423. The minimum atomic E-state index is -0.423. The van der Waals surface area contributed by atoms with E-state index in [9.17, 15) is 4.79 Å². The lowest BCUT2D eigenvalue weighted by Crippen LogP contribution is -2.50. The van der Waals surface area contributed by atoms with Gasteiger partial charge in [0.2, 0.25) is 0 Å². The molecule has 0 aromatic rings. The zero-order valence-electron chi connectivity index (χ0n) is 11.2. The van der Waals surface area contributed by atoms with E-state index in [1.165, 1.54) is 37.0 Å². The van der Waals surface area contributed by atoms with E-state index in [4.69, 9.17) is 5.41 Å². The molecular weight excluding hydrogens is 226 g/mol. The molecule has 0 bridgehead atoms. The lowest BCUT2D eigenvalue weighted by atomic mass is 9.77. The van der Waals surface area contributed by atoms with Crippen molar-refractivity contribution in [2.45, 2.75) is 56.9 Å². The van der Waals surface area contributed by atoms with E-state index in [0.29, 0.717) is 17.8 Å². The number of rotatable bonds is 3. The molecule has 0 aromatic heterocycles. The van der Waals surface area contributed by atoms with E-state index in [0.717, 1.165) is 19.3 Å². The Morgan fingerprint density at radius 1 is 1.28 bits per heavy atom. The average molecular weight is 249 g/mol. The summed E-state index contributed by atoms with van der Waals surface area (Å²) in [4.78, 5) is 14.0. The van der Waals surface area contributed by atoms with Crippen molar-refractivity contribution in [3.63, 3.8) is 0 Å². The van der Waals surface area contributed by atoms with E-state index in [1.807, 2.05) is 0 Å². The Balaban J connectivity index is 1.79. The van der Waals surface area contributed by atoms with Gasteiger partial charge < -0.3 is 5.32 Å². The molecule has 4 heteroatoms. The second-order valence-electron chi connectivity index (χ2n) is 6.29. The van der Waals surface area contributed by atoms with Crippen LogP contribution in [0.1, 0.15) is 51.4 Å². The van der Waals surface area contributed by atoms with Gasteiger partial charge in [0.1, 0.15) is 5.54 Å². The van der Waals surface area contributed by atoms with Gasteiger partial charge in [0.25, 0.3) is 5.91 Å². The second kappa shape index (κ2) is 4.25. The molecule has 1 amide bonds. The smallest absolute Gasteiger partial charge is 0.255 e. The highest BCUT2D eigenvalue weighted by Crippen LogP contribution is 2.47. The van der Waals surface area contributed by atoms with Crippen LogP contribution in [0.2, 0.25) is 0 Å². The number of hydrogen-bond acceptors (Lipinski definition) is 2. The van der Waals surface area contributed by atoms with Gasteiger partial charge in [-0.25, -0.2) is 0 Å². The lowest BCUT2D eigenvalue weighted by molar-refractivity contribution is -0.131. The number of likely N-dealkylation sites (N-methyl/N-ethyl adjacent to an activating group) is 1. The Morgan fingerprint density at radius 2 is 1.94 bits per heavy atom. The van der Waals surface area contributed by atoms with Crippen LogP contribution in [0.3, 0.4) is 0 Å². The maximum absolute atomic E-state index is 12.5. The van der Waals surface area contributed by atoms with Crippen molar-refractivity contribution in [3.8, 4) is 0 Å². The summed E-state index contributed by atoms with van der Waals surface area (Å²) >= 11 is 0. The molecule has 2 N–H and O–H groups in total. The van der Waals surface area contributed by atoms with Crippen LogP contribution in [-0.4, -0.2) is 29.4 Å². The second-order valence-corrected chi connectivity index (χ2v) is 6.29. The van der Waals surface area contributed by atoms with Crippen molar-refractivity contribution in [2.24, 2.45) is 11.8 Å². The van der Waals surface area contributed by atoms with Crippen LogP contribution in [0.5, 0.6) is 0 Å². The van der Waals surface area contributed by atoms with Gasteiger partial charge in [-0.1, -0.05) is 32.1 Å². The molecule has 2 saturated carbocycles. The van der Waals surface area contributed by atoms with Crippen molar-refractivity contribution in [1.82, 2.24) is 10.2 Å². The first-order valence-electron chi connectivity index (χ1n) is 7.28. The monoisotopic (exact) mass is 249 g/mol. The molecule has 1 aliphatic heterocycles. The first-order chi connectivity index (χ1) is 8.63. The molecule has 4 nitrogen and oxygen atoms in total. The maximum Gasteiger partial charge on any atom is 0.255 e. The Labute approximate surface area is 109 Å². The molecule has 18 heavy (non-hydrogen) atoms. The number of carbonyl (C=O) groups is 1. The quantitative estimate of drug-likeness (QED) is 0.804. The minimum Gasteiger partial charge on any atom is -0.341 e. The third-order valence-corrected chi connectivity index (χ3v) is 4.97. The van der Waals surface area contributed by atoms with Gasteiger partial charge >= 0.3 is 0 Å². The summed E-state index contributed by atoms with van der Waals surface area (Å²) < 4.78 is 0. The largest absolute Gasteiger partial charge is 0.341 e. The fourth-order valence-corrected chi connectivity index (χ4v) is 3.75. The highest BCUT2D eigenvalue weighted by atomic mass is 16.2. The molecule has 1 atom stereocenters. The first-order valence-corrected chi connectivity index (χ1v) is 7.28. The average Bonchev–Trinajstić information content (AvgIpc) is 3.18. The molecular formula is C14H23N3O. The number of nitrogens with zero attached hydrogens (tertiary/aromatic N) is 1. The zero-order chi connectivity index (χ0) is 12.8. The molecule has 3 rings (SSSR count). The number of guanidine groups is 1. The standard InChI is InChI=1S/C14H23N3O/c1-17-12(18)14(11-7-8-11,16-13(17)15)9-10-5-3-2-4-6-10/h10-11H,2-9H2,1H3,(H2,15,16)/t14-/m0/s1. The van der Waals surface area contributed by atoms with Crippen molar-refractivity contribution >= 4 is 11.9 Å². The van der Waals surface area contributed by atoms with Crippen LogP contribution in [0, 0.1) is 17.2 Å². The third-order valence-electron chi connectivity index (χ3n) is 4.97. The summed E-state index contributed by atoms with van der Waals surface area (Å²) in [5.74, 6) is 1.58. The van der Waals surface area contributed by atoms with Crippen molar-refractivity contribution in [2.75, 3.05) is 7.05 Å². The van der Waals surface area contributed by atoms with Crippen LogP contribution in [0.4, 0.5) is 0 Å². The molecule has 0 unspecified atom stereocenters. The summed E-state index contributed by atoms with van der Waals surface area (Å²) in [6, 6.07) is 0. The van der Waals surface area contributed by atoms with Crippen molar-refractivity contribution < 1.29 is 4.79 Å². The third kappa shape index (κ3) is 1.82. The highest BCUT2D eigenvalue weighted by Gasteiger charge is 2.57. The van der Waals surface area contributed by atoms with Crippen LogP contribution >= 0.6 is 0 Å². The van der Waals surface area contributed by atoms with Gasteiger partial charge in [-0.05, 0) is 31.1 Å². The Bertz CT molecular complexity index is 371. The topological polar surface area (TPSA) is 56.2 Å². The Hall–Kier alpha value is -1.06. The van der Waals surface area contributed by atoms with Gasteiger partial charge in [0.05, 0.1) is 0 Å². The fourth-order valence-electron chi connectivity index (χ4n) is 3.75. The summed E-state index contributed by atoms with van der Waals surface area (Å²) in [5, 5.41) is 11.1.